The molecule has 4 aromatic rings. The van der Waals surface area contributed by atoms with E-state index in [1.54, 1.807) is 36.4 Å². The molecule has 0 aromatic heterocycles. The van der Waals surface area contributed by atoms with Crippen molar-refractivity contribution in [1.82, 2.24) is 0 Å². The Morgan fingerprint density at radius 1 is 0.500 bits per heavy atom. The molecule has 34 heavy (non-hydrogen) atoms. The summed E-state index contributed by atoms with van der Waals surface area (Å²) in [5.41, 5.74) is 3.46. The van der Waals surface area contributed by atoms with Crippen LogP contribution in [0.1, 0.15) is 22.3 Å². The molecule has 0 bridgehead atoms. The summed E-state index contributed by atoms with van der Waals surface area (Å²) in [5.74, 6) is 0.870. The van der Waals surface area contributed by atoms with Gasteiger partial charge in [-0.25, -0.2) is 0 Å². The minimum atomic E-state index is -0.161. The van der Waals surface area contributed by atoms with Gasteiger partial charge in [0.25, 0.3) is 0 Å². The molecule has 0 spiro atoms. The number of aryl methyl sites for hydroxylation is 4. The van der Waals surface area contributed by atoms with Crippen LogP contribution in [-0.4, -0.2) is 25.5 Å². The summed E-state index contributed by atoms with van der Waals surface area (Å²) < 4.78 is 5.93. The van der Waals surface area contributed by atoms with Crippen molar-refractivity contribution in [3.8, 4) is 40.2 Å². The fourth-order valence-electron chi connectivity index (χ4n) is 3.80. The highest BCUT2D eigenvalue weighted by Gasteiger charge is 2.12. The quantitative estimate of drug-likeness (QED) is 0.236. The van der Waals surface area contributed by atoms with Gasteiger partial charge < -0.3 is 30.3 Å². The topological polar surface area (TPSA) is 110 Å². The minimum absolute atomic E-state index is 0.00764. The zero-order chi connectivity index (χ0) is 24.1. The third-order valence-electron chi connectivity index (χ3n) is 5.57. The van der Waals surface area contributed by atoms with Crippen molar-refractivity contribution in [2.24, 2.45) is 0 Å². The first-order valence-electron chi connectivity index (χ1n) is 11.0. The fraction of sp³-hybridized carbons (Fsp3) is 0.143. The second kappa shape index (κ2) is 10.1. The lowest BCUT2D eigenvalue weighted by Gasteiger charge is -2.13. The average Bonchev–Trinajstić information content (AvgIpc) is 2.79. The molecule has 6 nitrogen and oxygen atoms in total. The van der Waals surface area contributed by atoms with Crippen molar-refractivity contribution in [1.29, 1.82) is 0 Å². The van der Waals surface area contributed by atoms with Gasteiger partial charge in [-0.1, -0.05) is 24.3 Å². The van der Waals surface area contributed by atoms with Gasteiger partial charge in [0.05, 0.1) is 0 Å². The summed E-state index contributed by atoms with van der Waals surface area (Å²) in [6.45, 7) is 0. The molecule has 6 heteroatoms. The molecule has 0 saturated carbocycles. The largest absolute Gasteiger partial charge is 0.508 e. The Bertz CT molecular complexity index is 1260. The van der Waals surface area contributed by atoms with Crippen molar-refractivity contribution < 1.29 is 30.3 Å². The average molecular weight is 459 g/mol. The molecule has 0 fully saturated rings. The van der Waals surface area contributed by atoms with Crippen LogP contribution in [-0.2, 0) is 25.7 Å². The smallest absolute Gasteiger partial charge is 0.169 e. The number of phenols is 5. The number of hydrogen-bond donors (Lipinski definition) is 5. The Kier molecular flexibility index (Phi) is 6.78. The second-order valence-corrected chi connectivity index (χ2v) is 8.22. The van der Waals surface area contributed by atoms with Gasteiger partial charge in [0, 0.05) is 12.1 Å². The van der Waals surface area contributed by atoms with Crippen molar-refractivity contribution >= 4 is 0 Å². The van der Waals surface area contributed by atoms with Crippen molar-refractivity contribution in [3.63, 3.8) is 0 Å². The Balaban J connectivity index is 1.45. The van der Waals surface area contributed by atoms with Crippen LogP contribution in [0.3, 0.4) is 0 Å². The van der Waals surface area contributed by atoms with Crippen molar-refractivity contribution in [2.75, 3.05) is 0 Å². The second-order valence-electron chi connectivity index (χ2n) is 8.22. The van der Waals surface area contributed by atoms with E-state index in [0.717, 1.165) is 16.7 Å². The maximum atomic E-state index is 10.3. The van der Waals surface area contributed by atoms with Crippen LogP contribution in [0.2, 0.25) is 0 Å². The molecule has 4 rings (SSSR count). The first-order chi connectivity index (χ1) is 16.4. The van der Waals surface area contributed by atoms with E-state index in [1.807, 2.05) is 30.3 Å². The van der Waals surface area contributed by atoms with E-state index in [1.165, 1.54) is 12.1 Å². The van der Waals surface area contributed by atoms with E-state index >= 15 is 0 Å². The molecule has 0 radical (unpaired) electrons. The minimum Gasteiger partial charge on any atom is -0.508 e. The molecule has 4 aromatic carbocycles. The molecule has 0 aliphatic rings. The predicted molar refractivity (Wildman–Crippen MR) is 129 cm³/mol. The summed E-state index contributed by atoms with van der Waals surface area (Å²) in [4.78, 5) is 0. The van der Waals surface area contributed by atoms with E-state index in [2.05, 4.69) is 0 Å². The van der Waals surface area contributed by atoms with Gasteiger partial charge in [-0.3, -0.25) is 0 Å². The molecule has 0 atom stereocenters. The summed E-state index contributed by atoms with van der Waals surface area (Å²) >= 11 is 0. The molecular weight excluding hydrogens is 432 g/mol. The lowest BCUT2D eigenvalue weighted by Crippen LogP contribution is -1.95. The van der Waals surface area contributed by atoms with E-state index in [9.17, 15) is 25.5 Å². The monoisotopic (exact) mass is 458 g/mol. The van der Waals surface area contributed by atoms with Crippen LogP contribution in [0.4, 0.5) is 0 Å². The molecule has 0 aliphatic carbocycles. The van der Waals surface area contributed by atoms with Gasteiger partial charge in [0.1, 0.15) is 28.7 Å². The third kappa shape index (κ3) is 5.92. The normalized spacial score (nSPS) is 10.8. The zero-order valence-electron chi connectivity index (χ0n) is 18.5. The zero-order valence-corrected chi connectivity index (χ0v) is 18.5. The van der Waals surface area contributed by atoms with Crippen LogP contribution in [0.25, 0.3) is 0 Å². The molecular formula is C28H26O6. The van der Waals surface area contributed by atoms with E-state index in [0.29, 0.717) is 37.0 Å². The highest BCUT2D eigenvalue weighted by atomic mass is 16.5. The van der Waals surface area contributed by atoms with Gasteiger partial charge in [-0.2, -0.15) is 0 Å². The van der Waals surface area contributed by atoms with E-state index < -0.39 is 0 Å². The molecule has 0 amide bonds. The molecule has 0 saturated heterocycles. The number of phenolic OH excluding ortho intramolecular Hbond substituents is 5. The van der Waals surface area contributed by atoms with Crippen molar-refractivity contribution in [3.05, 3.63) is 101 Å². The highest BCUT2D eigenvalue weighted by molar-refractivity contribution is 5.51. The van der Waals surface area contributed by atoms with Gasteiger partial charge in [0.15, 0.2) is 11.5 Å². The first-order valence-corrected chi connectivity index (χ1v) is 11.0. The molecule has 5 N–H and O–H groups in total. The Labute approximate surface area is 197 Å². The van der Waals surface area contributed by atoms with Gasteiger partial charge in [-0.05, 0) is 90.4 Å². The van der Waals surface area contributed by atoms with Gasteiger partial charge in [-0.15, -0.1) is 0 Å². The van der Waals surface area contributed by atoms with Crippen LogP contribution >= 0.6 is 0 Å². The van der Waals surface area contributed by atoms with Crippen LogP contribution in [0.5, 0.6) is 40.2 Å². The van der Waals surface area contributed by atoms with Gasteiger partial charge in [0.2, 0.25) is 0 Å². The maximum absolute atomic E-state index is 10.3. The van der Waals surface area contributed by atoms with Gasteiger partial charge >= 0.3 is 0 Å². The number of benzene rings is 4. The summed E-state index contributed by atoms with van der Waals surface area (Å²) in [6, 6.07) is 21.8. The number of ether oxygens (including phenoxy) is 1. The molecule has 174 valence electrons. The number of aromatic hydroxyl groups is 5. The third-order valence-corrected chi connectivity index (χ3v) is 5.57. The SMILES string of the molecule is Oc1ccc(CCc2cc(Oc3cccc(CCc4cc(O)cc(O)c4)c3)c(O)cc2O)cc1. The number of rotatable bonds is 8. The molecule has 0 aliphatic heterocycles. The summed E-state index contributed by atoms with van der Waals surface area (Å²) in [7, 11) is 0. The fourth-order valence-corrected chi connectivity index (χ4v) is 3.80. The predicted octanol–water partition coefficient (Wildman–Crippen LogP) is 5.58. The first kappa shape index (κ1) is 22.9. The Morgan fingerprint density at radius 2 is 1.18 bits per heavy atom. The Morgan fingerprint density at radius 3 is 1.91 bits per heavy atom. The summed E-state index contributed by atoms with van der Waals surface area (Å²) in [6.07, 6.45) is 2.47. The van der Waals surface area contributed by atoms with Crippen molar-refractivity contribution in [2.45, 2.75) is 25.7 Å². The summed E-state index contributed by atoms with van der Waals surface area (Å²) in [5, 5.41) is 49.3. The van der Waals surface area contributed by atoms with Crippen LogP contribution < -0.4 is 4.74 Å². The van der Waals surface area contributed by atoms with E-state index in [-0.39, 0.29) is 34.5 Å². The molecule has 0 heterocycles. The van der Waals surface area contributed by atoms with Crippen LogP contribution in [0.15, 0.2) is 78.9 Å². The standard InChI is InChI=1S/C28H26O6/c29-22-10-7-18(8-11-22)6-9-21-15-28(27(33)17-26(21)32)34-25-3-1-2-19(14-25)4-5-20-12-23(30)16-24(31)13-20/h1-3,7-8,10-17,29-33H,4-6,9H2. The van der Waals surface area contributed by atoms with E-state index in [4.69, 9.17) is 4.74 Å². The number of hydrogen-bond acceptors (Lipinski definition) is 6. The lowest BCUT2D eigenvalue weighted by molar-refractivity contribution is 0.401. The molecule has 0 unspecified atom stereocenters. The van der Waals surface area contributed by atoms with Crippen LogP contribution in [0, 0.1) is 0 Å². The highest BCUT2D eigenvalue weighted by Crippen LogP contribution is 2.37. The Hall–Kier alpha value is -4.32. The maximum Gasteiger partial charge on any atom is 0.169 e. The lowest BCUT2D eigenvalue weighted by atomic mass is 10.0.